The molecule has 3 nitrogen and oxygen atoms in total. The minimum absolute atomic E-state index is 0.0850. The molecule has 0 radical (unpaired) electrons. The Labute approximate surface area is 193 Å². The van der Waals surface area contributed by atoms with Crippen LogP contribution in [-0.2, 0) is 4.79 Å². The lowest BCUT2D eigenvalue weighted by Crippen LogP contribution is -2.58. The molecule has 31 heavy (non-hydrogen) atoms. The van der Waals surface area contributed by atoms with Gasteiger partial charge in [0.05, 0.1) is 6.10 Å². The number of aliphatic hydroxyl groups is 1. The topological polar surface area (TPSA) is 57.5 Å². The predicted octanol–water partition coefficient (Wildman–Crippen LogP) is 2.92. The lowest BCUT2D eigenvalue weighted by molar-refractivity contribution is -0.150. The van der Waals surface area contributed by atoms with Gasteiger partial charge in [0, 0.05) is 5.21 Å². The molecule has 0 amide bonds. The smallest absolute Gasteiger partial charge is 0.293 e. The largest absolute Gasteiger partial charge is 0.482 e. The van der Waals surface area contributed by atoms with Crippen molar-refractivity contribution in [1.82, 2.24) is 0 Å². The fourth-order valence-electron chi connectivity index (χ4n) is 9.70. The summed E-state index contributed by atoms with van der Waals surface area (Å²) in [6.07, 6.45) is 11.6. The van der Waals surface area contributed by atoms with Crippen LogP contribution in [0.4, 0.5) is 0 Å². The van der Waals surface area contributed by atoms with E-state index in [-0.39, 0.29) is 6.10 Å². The molecule has 0 aromatic carbocycles. The van der Waals surface area contributed by atoms with Crippen LogP contribution < -0.4 is 0 Å². The predicted molar refractivity (Wildman–Crippen MR) is 135 cm³/mol. The summed E-state index contributed by atoms with van der Waals surface area (Å²) in [6, 6.07) is 0. The van der Waals surface area contributed by atoms with Crippen molar-refractivity contribution in [3.63, 3.8) is 0 Å². The minimum Gasteiger partial charge on any atom is -0.482 e. The average Bonchev–Trinajstić information content (AvgIpc) is 3.04. The summed E-state index contributed by atoms with van der Waals surface area (Å²) < 4.78 is 0. The molecule has 0 aromatic rings. The van der Waals surface area contributed by atoms with Crippen molar-refractivity contribution in [3.8, 4) is 0 Å². The number of rotatable bonds is 5. The first-order valence-corrected chi connectivity index (χ1v) is 13.4. The monoisotopic (exact) mass is 426 g/mol. The Hall–Kier alpha value is -0.375. The van der Waals surface area contributed by atoms with Crippen molar-refractivity contribution in [1.29, 1.82) is 0 Å². The SMILES string of the molecule is BC1C2C3CCC(CCC(B)(B)C(=O)O)C3(C)CC[C@@H]2C2(C)CC[C@@H](O)CC2[C@H]1CC. The van der Waals surface area contributed by atoms with Crippen LogP contribution in [0.15, 0.2) is 0 Å². The number of carboxylic acids is 1. The second kappa shape index (κ2) is 8.14. The average molecular weight is 426 g/mol. The molecule has 6 heteroatoms. The van der Waals surface area contributed by atoms with E-state index in [1.54, 1.807) is 0 Å². The van der Waals surface area contributed by atoms with Crippen molar-refractivity contribution >= 4 is 29.5 Å². The van der Waals surface area contributed by atoms with Gasteiger partial charge in [-0.2, -0.15) is 0 Å². The lowest BCUT2D eigenvalue weighted by atomic mass is 9.37. The van der Waals surface area contributed by atoms with E-state index in [9.17, 15) is 15.0 Å². The number of fused-ring (bicyclic) bond motifs is 5. The van der Waals surface area contributed by atoms with E-state index in [2.05, 4.69) is 28.6 Å². The third-order valence-corrected chi connectivity index (χ3v) is 11.7. The molecule has 4 fully saturated rings. The Bertz CT molecular complexity index is 699. The lowest BCUT2D eigenvalue weighted by Gasteiger charge is -2.65. The van der Waals surface area contributed by atoms with Crippen molar-refractivity contribution in [2.24, 2.45) is 46.3 Å². The first-order chi connectivity index (χ1) is 14.5. The molecule has 7 unspecified atom stereocenters. The van der Waals surface area contributed by atoms with Gasteiger partial charge in [0.15, 0.2) is 0 Å². The Morgan fingerprint density at radius 2 is 1.68 bits per heavy atom. The third-order valence-electron chi connectivity index (χ3n) is 11.7. The van der Waals surface area contributed by atoms with E-state index in [1.165, 1.54) is 38.5 Å². The molecule has 2 N–H and O–H groups in total. The van der Waals surface area contributed by atoms with Gasteiger partial charge in [0.1, 0.15) is 23.5 Å². The van der Waals surface area contributed by atoms with Crippen molar-refractivity contribution in [2.45, 2.75) is 102 Å². The van der Waals surface area contributed by atoms with Crippen molar-refractivity contribution in [3.05, 3.63) is 0 Å². The molecule has 172 valence electrons. The van der Waals surface area contributed by atoms with Crippen LogP contribution in [-0.4, -0.2) is 45.8 Å². The number of carboxylic acid groups (broad SMARTS) is 1. The highest BCUT2D eigenvalue weighted by molar-refractivity contribution is 6.49. The Kier molecular flexibility index (Phi) is 6.24. The fourth-order valence-corrected chi connectivity index (χ4v) is 9.70. The molecular formula is C25H45B3O3. The molecule has 0 saturated heterocycles. The Morgan fingerprint density at radius 3 is 2.32 bits per heavy atom. The van der Waals surface area contributed by atoms with Crippen LogP contribution in [0.1, 0.15) is 85.0 Å². The molecular weight excluding hydrogens is 381 g/mol. The first kappa shape index (κ1) is 23.8. The van der Waals surface area contributed by atoms with E-state index in [0.717, 1.165) is 55.2 Å². The molecule has 4 rings (SSSR count). The van der Waals surface area contributed by atoms with Gasteiger partial charge in [-0.1, -0.05) is 45.9 Å². The second-order valence-electron chi connectivity index (χ2n) is 13.3. The van der Waals surface area contributed by atoms with Crippen LogP contribution in [0, 0.1) is 46.3 Å². The second-order valence-corrected chi connectivity index (χ2v) is 13.3. The highest BCUT2D eigenvalue weighted by atomic mass is 16.4. The molecule has 0 aromatic heterocycles. The van der Waals surface area contributed by atoms with Gasteiger partial charge in [-0.15, -0.1) is 0 Å². The summed E-state index contributed by atoms with van der Waals surface area (Å²) in [5, 5.41) is 19.5. The third kappa shape index (κ3) is 3.66. The highest BCUT2D eigenvalue weighted by Gasteiger charge is 2.63. The molecule has 0 bridgehead atoms. The van der Waals surface area contributed by atoms with Gasteiger partial charge < -0.3 is 10.2 Å². The maximum Gasteiger partial charge on any atom is 0.293 e. The van der Waals surface area contributed by atoms with Gasteiger partial charge in [-0.25, -0.2) is 0 Å². The van der Waals surface area contributed by atoms with E-state index < -0.39 is 11.2 Å². The summed E-state index contributed by atoms with van der Waals surface area (Å²) in [5.74, 6) is 4.65. The zero-order valence-electron chi connectivity index (χ0n) is 21.0. The summed E-state index contributed by atoms with van der Waals surface area (Å²) in [4.78, 5) is 11.7. The Morgan fingerprint density at radius 1 is 1.03 bits per heavy atom. The zero-order valence-corrected chi connectivity index (χ0v) is 21.0. The van der Waals surface area contributed by atoms with Crippen LogP contribution in [0.2, 0.25) is 11.0 Å². The molecule has 10 atom stereocenters. The van der Waals surface area contributed by atoms with E-state index >= 15 is 0 Å². The van der Waals surface area contributed by atoms with E-state index in [4.69, 9.17) is 0 Å². The molecule has 4 aliphatic rings. The van der Waals surface area contributed by atoms with Crippen LogP contribution in [0.3, 0.4) is 0 Å². The molecule has 0 aliphatic heterocycles. The van der Waals surface area contributed by atoms with Gasteiger partial charge in [0.2, 0.25) is 0 Å². The minimum atomic E-state index is -0.652. The van der Waals surface area contributed by atoms with Crippen LogP contribution in [0.25, 0.3) is 0 Å². The summed E-state index contributed by atoms with van der Waals surface area (Å²) in [7, 11) is 6.35. The fraction of sp³-hybridized carbons (Fsp3) is 0.960. The maximum atomic E-state index is 11.7. The van der Waals surface area contributed by atoms with Gasteiger partial charge in [-0.3, -0.25) is 4.79 Å². The zero-order chi connectivity index (χ0) is 22.8. The molecule has 4 saturated carbocycles. The van der Waals surface area contributed by atoms with Crippen LogP contribution >= 0.6 is 0 Å². The number of carbonyl (C=O) groups is 1. The summed E-state index contributed by atoms with van der Waals surface area (Å²) in [6.45, 7) is 7.56. The quantitative estimate of drug-likeness (QED) is 0.666. The first-order valence-electron chi connectivity index (χ1n) is 13.4. The maximum absolute atomic E-state index is 11.7. The van der Waals surface area contributed by atoms with Gasteiger partial charge >= 0.3 is 0 Å². The number of hydrogen-bond acceptors (Lipinski definition) is 2. The van der Waals surface area contributed by atoms with Gasteiger partial charge in [0.25, 0.3) is 5.97 Å². The number of aliphatic carboxylic acids is 1. The number of aliphatic hydroxyl groups excluding tert-OH is 1. The van der Waals surface area contributed by atoms with E-state index in [0.29, 0.717) is 22.7 Å². The normalized spacial score (nSPS) is 49.7. The van der Waals surface area contributed by atoms with E-state index in [1.807, 2.05) is 15.7 Å². The Balaban J connectivity index is 1.59. The van der Waals surface area contributed by atoms with Crippen LogP contribution in [0.5, 0.6) is 0 Å². The van der Waals surface area contributed by atoms with Gasteiger partial charge in [-0.05, 0) is 91.3 Å². The van der Waals surface area contributed by atoms with Crippen molar-refractivity contribution < 1.29 is 15.0 Å². The molecule has 0 heterocycles. The summed E-state index contributed by atoms with van der Waals surface area (Å²) in [5.41, 5.74) is 0.793. The van der Waals surface area contributed by atoms with Crippen molar-refractivity contribution in [2.75, 3.05) is 0 Å². The molecule has 0 spiro atoms. The standard InChI is InChI=1S/C25H45B3O3/c1-4-16-19-13-15(29)8-10-24(19,3)18-9-11-23(2)14(7-12-25(27,28)22(30)31)5-6-17(23)20(18)21(16)26/h14-21,29H,4-13,26-28H2,1-3H3,(H,30,31)/t14?,15-,16-,17?,18+,19?,20?,21?,23?,24?/m1/s1. The highest BCUT2D eigenvalue weighted by Crippen LogP contribution is 2.71. The summed E-state index contributed by atoms with van der Waals surface area (Å²) >= 11 is 0. The molecule has 4 aliphatic carbocycles. The number of hydrogen-bond donors (Lipinski definition) is 2.